The number of aryl methyl sites for hydroxylation is 2. The Bertz CT molecular complexity index is 830. The van der Waals surface area contributed by atoms with E-state index in [0.29, 0.717) is 22.9 Å². The Labute approximate surface area is 140 Å². The maximum absolute atomic E-state index is 12.2. The molecule has 0 atom stereocenters. The Morgan fingerprint density at radius 3 is 2.25 bits per heavy atom. The molecule has 1 amide bonds. The van der Waals surface area contributed by atoms with E-state index in [1.807, 2.05) is 38.1 Å². The van der Waals surface area contributed by atoms with Crippen LogP contribution in [0.4, 0.5) is 5.69 Å². The molecule has 0 radical (unpaired) electrons. The molecule has 0 unspecified atom stereocenters. The molecule has 2 aromatic carbocycles. The molecule has 122 valence electrons. The van der Waals surface area contributed by atoms with Crippen LogP contribution in [-0.4, -0.2) is 18.0 Å². The molecule has 0 aliphatic rings. The Morgan fingerprint density at radius 2 is 1.71 bits per heavy atom. The summed E-state index contributed by atoms with van der Waals surface area (Å²) in [5, 5.41) is 2.86. The fourth-order valence-corrected chi connectivity index (χ4v) is 2.24. The molecule has 0 saturated carbocycles. The van der Waals surface area contributed by atoms with Crippen LogP contribution in [0.15, 0.2) is 52.9 Å². The van der Waals surface area contributed by atoms with Gasteiger partial charge in [-0.2, -0.15) is 0 Å². The number of carbonyl (C=O) groups excluding carboxylic acids is 1. The van der Waals surface area contributed by atoms with E-state index in [-0.39, 0.29) is 5.91 Å². The molecule has 0 fully saturated rings. The number of nitrogens with zero attached hydrogens (tertiary/aromatic N) is 1. The number of oxazole rings is 1. The molecule has 0 aliphatic heterocycles. The van der Waals surface area contributed by atoms with Gasteiger partial charge >= 0.3 is 0 Å². The van der Waals surface area contributed by atoms with Gasteiger partial charge in [0.15, 0.2) is 0 Å². The lowest BCUT2D eigenvalue weighted by molar-refractivity contribution is 0.102. The van der Waals surface area contributed by atoms with Crippen molar-refractivity contribution in [2.24, 2.45) is 0 Å². The van der Waals surface area contributed by atoms with Gasteiger partial charge in [-0.15, -0.1) is 0 Å². The van der Waals surface area contributed by atoms with E-state index in [2.05, 4.69) is 10.3 Å². The van der Waals surface area contributed by atoms with Gasteiger partial charge in [-0.05, 0) is 62.4 Å². The van der Waals surface area contributed by atoms with Gasteiger partial charge in [0.05, 0.1) is 12.8 Å². The first-order valence-corrected chi connectivity index (χ1v) is 7.56. The third-order valence-electron chi connectivity index (χ3n) is 3.77. The van der Waals surface area contributed by atoms with Crippen LogP contribution in [0.2, 0.25) is 0 Å². The van der Waals surface area contributed by atoms with Gasteiger partial charge in [-0.25, -0.2) is 4.98 Å². The quantitative estimate of drug-likeness (QED) is 0.781. The maximum atomic E-state index is 12.2. The lowest BCUT2D eigenvalue weighted by atomic mass is 10.1. The number of ether oxygens (including phenoxy) is 1. The number of hydrogen-bond acceptors (Lipinski definition) is 4. The minimum absolute atomic E-state index is 0.173. The zero-order chi connectivity index (χ0) is 17.1. The molecule has 0 bridgehead atoms. The molecule has 1 aromatic heterocycles. The minimum atomic E-state index is -0.173. The Hall–Kier alpha value is -3.08. The van der Waals surface area contributed by atoms with Crippen molar-refractivity contribution in [3.63, 3.8) is 0 Å². The molecule has 5 heteroatoms. The standard InChI is InChI=1S/C19H18N2O3/c1-12-13(2)24-19(20-12)15-4-8-16(9-5-15)21-18(22)14-6-10-17(23-3)11-7-14/h4-11H,1-3H3,(H,21,22). The molecular formula is C19H18N2O3. The molecule has 1 N–H and O–H groups in total. The summed E-state index contributed by atoms with van der Waals surface area (Å²) in [6, 6.07) is 14.3. The zero-order valence-corrected chi connectivity index (χ0v) is 13.8. The Kier molecular flexibility index (Phi) is 4.33. The van der Waals surface area contributed by atoms with Crippen molar-refractivity contribution < 1.29 is 13.9 Å². The van der Waals surface area contributed by atoms with E-state index < -0.39 is 0 Å². The van der Waals surface area contributed by atoms with E-state index in [0.717, 1.165) is 17.0 Å². The number of rotatable bonds is 4. The SMILES string of the molecule is COc1ccc(C(=O)Nc2ccc(-c3nc(C)c(C)o3)cc2)cc1. The van der Waals surface area contributed by atoms with Crippen LogP contribution in [0.1, 0.15) is 21.8 Å². The van der Waals surface area contributed by atoms with Crippen molar-refractivity contribution in [3.8, 4) is 17.2 Å². The number of benzene rings is 2. The van der Waals surface area contributed by atoms with Gasteiger partial charge in [0.2, 0.25) is 5.89 Å². The lowest BCUT2D eigenvalue weighted by Crippen LogP contribution is -2.11. The fourth-order valence-electron chi connectivity index (χ4n) is 2.24. The van der Waals surface area contributed by atoms with E-state index in [9.17, 15) is 4.79 Å². The summed E-state index contributed by atoms with van der Waals surface area (Å²) in [7, 11) is 1.59. The van der Waals surface area contributed by atoms with E-state index in [1.165, 1.54) is 0 Å². The predicted octanol–water partition coefficient (Wildman–Crippen LogP) is 4.22. The zero-order valence-electron chi connectivity index (χ0n) is 13.8. The average Bonchev–Trinajstić information content (AvgIpc) is 2.94. The number of anilines is 1. The summed E-state index contributed by atoms with van der Waals surface area (Å²) < 4.78 is 10.7. The highest BCUT2D eigenvalue weighted by atomic mass is 16.5. The van der Waals surface area contributed by atoms with Gasteiger partial charge in [-0.3, -0.25) is 4.79 Å². The molecule has 0 saturated heterocycles. The number of amides is 1. The maximum Gasteiger partial charge on any atom is 0.255 e. The minimum Gasteiger partial charge on any atom is -0.497 e. The highest BCUT2D eigenvalue weighted by Gasteiger charge is 2.09. The van der Waals surface area contributed by atoms with Crippen LogP contribution in [0.3, 0.4) is 0 Å². The van der Waals surface area contributed by atoms with Crippen LogP contribution in [0.25, 0.3) is 11.5 Å². The van der Waals surface area contributed by atoms with Crippen molar-refractivity contribution in [1.82, 2.24) is 4.98 Å². The molecule has 5 nitrogen and oxygen atoms in total. The highest BCUT2D eigenvalue weighted by molar-refractivity contribution is 6.04. The summed E-state index contributed by atoms with van der Waals surface area (Å²) in [5.41, 5.74) is 3.02. The second-order valence-corrected chi connectivity index (χ2v) is 5.42. The lowest BCUT2D eigenvalue weighted by Gasteiger charge is -2.06. The summed E-state index contributed by atoms with van der Waals surface area (Å²) in [6.07, 6.45) is 0. The monoisotopic (exact) mass is 322 g/mol. The Balaban J connectivity index is 1.72. The van der Waals surface area contributed by atoms with Gasteiger partial charge in [-0.1, -0.05) is 0 Å². The summed E-state index contributed by atoms with van der Waals surface area (Å²) in [4.78, 5) is 16.6. The van der Waals surface area contributed by atoms with Gasteiger partial charge in [0.25, 0.3) is 5.91 Å². The number of hydrogen-bond donors (Lipinski definition) is 1. The fraction of sp³-hybridized carbons (Fsp3) is 0.158. The largest absolute Gasteiger partial charge is 0.497 e. The average molecular weight is 322 g/mol. The van der Waals surface area contributed by atoms with Crippen LogP contribution in [-0.2, 0) is 0 Å². The van der Waals surface area contributed by atoms with Crippen molar-refractivity contribution in [2.75, 3.05) is 12.4 Å². The molecule has 1 heterocycles. The third-order valence-corrected chi connectivity index (χ3v) is 3.77. The molecule has 0 spiro atoms. The van der Waals surface area contributed by atoms with E-state index >= 15 is 0 Å². The van der Waals surface area contributed by atoms with E-state index in [1.54, 1.807) is 31.4 Å². The van der Waals surface area contributed by atoms with Gasteiger partial charge < -0.3 is 14.5 Å². The first-order chi connectivity index (χ1) is 11.6. The van der Waals surface area contributed by atoms with Crippen molar-refractivity contribution in [1.29, 1.82) is 0 Å². The number of aromatic nitrogens is 1. The third kappa shape index (κ3) is 3.30. The summed E-state index contributed by atoms with van der Waals surface area (Å²) >= 11 is 0. The summed E-state index contributed by atoms with van der Waals surface area (Å²) in [6.45, 7) is 3.79. The van der Waals surface area contributed by atoms with Crippen LogP contribution < -0.4 is 10.1 Å². The van der Waals surface area contributed by atoms with Crippen LogP contribution in [0, 0.1) is 13.8 Å². The number of carbonyl (C=O) groups is 1. The van der Waals surface area contributed by atoms with Crippen LogP contribution >= 0.6 is 0 Å². The molecule has 3 rings (SSSR count). The number of nitrogens with one attached hydrogen (secondary N) is 1. The second-order valence-electron chi connectivity index (χ2n) is 5.42. The number of methoxy groups -OCH3 is 1. The first-order valence-electron chi connectivity index (χ1n) is 7.56. The predicted molar refractivity (Wildman–Crippen MR) is 92.4 cm³/mol. The molecule has 3 aromatic rings. The van der Waals surface area contributed by atoms with Crippen LogP contribution in [0.5, 0.6) is 5.75 Å². The normalized spacial score (nSPS) is 10.5. The highest BCUT2D eigenvalue weighted by Crippen LogP contribution is 2.23. The molecular weight excluding hydrogens is 304 g/mol. The smallest absolute Gasteiger partial charge is 0.255 e. The Morgan fingerprint density at radius 1 is 1.04 bits per heavy atom. The van der Waals surface area contributed by atoms with Gasteiger partial charge in [0.1, 0.15) is 11.5 Å². The molecule has 24 heavy (non-hydrogen) atoms. The second kappa shape index (κ2) is 6.58. The molecule has 0 aliphatic carbocycles. The van der Waals surface area contributed by atoms with E-state index in [4.69, 9.17) is 9.15 Å². The van der Waals surface area contributed by atoms with Gasteiger partial charge in [0, 0.05) is 16.8 Å². The topological polar surface area (TPSA) is 64.4 Å². The summed E-state index contributed by atoms with van der Waals surface area (Å²) in [5.74, 6) is 1.93. The van der Waals surface area contributed by atoms with Crippen molar-refractivity contribution >= 4 is 11.6 Å². The van der Waals surface area contributed by atoms with Crippen molar-refractivity contribution in [2.45, 2.75) is 13.8 Å². The van der Waals surface area contributed by atoms with Crippen molar-refractivity contribution in [3.05, 3.63) is 65.5 Å². The first kappa shape index (κ1) is 15.8.